The van der Waals surface area contributed by atoms with Gasteiger partial charge < -0.3 is 14.6 Å². The van der Waals surface area contributed by atoms with E-state index in [-0.39, 0.29) is 5.75 Å². The fourth-order valence-corrected chi connectivity index (χ4v) is 3.51. The van der Waals surface area contributed by atoms with Crippen LogP contribution in [0.25, 0.3) is 0 Å². The van der Waals surface area contributed by atoms with Gasteiger partial charge >= 0.3 is 0 Å². The molecule has 142 valence electrons. The number of aromatic hydroxyl groups is 1. The average molecular weight is 373 g/mol. The standard InChI is InChI=1S/C24H23NO3/c1-27-23-10-6-5-9-19(23)13-21-20-15-22(26)24(14-18(20)11-12-25-21)28-16-17-7-3-2-4-8-17/h2-10,14-15,26H,11-13,16H2,1H3. The summed E-state index contributed by atoms with van der Waals surface area (Å²) >= 11 is 0. The third kappa shape index (κ3) is 3.86. The number of ether oxygens (including phenoxy) is 2. The van der Waals surface area contributed by atoms with Crippen molar-refractivity contribution in [1.29, 1.82) is 0 Å². The summed E-state index contributed by atoms with van der Waals surface area (Å²) in [5.41, 5.74) is 5.26. The first kappa shape index (κ1) is 18.1. The van der Waals surface area contributed by atoms with Crippen LogP contribution >= 0.6 is 0 Å². The van der Waals surface area contributed by atoms with Crippen molar-refractivity contribution in [3.8, 4) is 17.2 Å². The molecule has 0 unspecified atom stereocenters. The zero-order chi connectivity index (χ0) is 19.3. The Morgan fingerprint density at radius 1 is 0.964 bits per heavy atom. The molecule has 0 radical (unpaired) electrons. The van der Waals surface area contributed by atoms with Crippen molar-refractivity contribution in [2.45, 2.75) is 19.4 Å². The molecule has 0 atom stereocenters. The first-order valence-electron chi connectivity index (χ1n) is 9.43. The SMILES string of the molecule is COc1ccccc1CC1=NCCc2cc(OCc3ccccc3)c(O)cc21. The van der Waals surface area contributed by atoms with E-state index in [4.69, 9.17) is 14.5 Å². The van der Waals surface area contributed by atoms with Gasteiger partial charge in [-0.2, -0.15) is 0 Å². The molecule has 0 saturated heterocycles. The summed E-state index contributed by atoms with van der Waals surface area (Å²) in [7, 11) is 1.68. The molecule has 0 aliphatic carbocycles. The predicted molar refractivity (Wildman–Crippen MR) is 111 cm³/mol. The molecule has 0 fully saturated rings. The van der Waals surface area contributed by atoms with E-state index in [1.165, 1.54) is 0 Å². The van der Waals surface area contributed by atoms with E-state index in [2.05, 4.69) is 0 Å². The lowest BCUT2D eigenvalue weighted by Crippen LogP contribution is -2.16. The number of nitrogens with zero attached hydrogens (tertiary/aromatic N) is 1. The Morgan fingerprint density at radius 2 is 1.75 bits per heavy atom. The van der Waals surface area contributed by atoms with E-state index in [0.29, 0.717) is 18.8 Å². The van der Waals surface area contributed by atoms with E-state index in [1.807, 2.05) is 60.7 Å². The number of hydrogen-bond acceptors (Lipinski definition) is 4. The molecule has 1 aliphatic rings. The van der Waals surface area contributed by atoms with Crippen LogP contribution in [0.15, 0.2) is 71.7 Å². The van der Waals surface area contributed by atoms with Crippen molar-refractivity contribution in [1.82, 2.24) is 0 Å². The quantitative estimate of drug-likeness (QED) is 0.689. The summed E-state index contributed by atoms with van der Waals surface area (Å²) in [5.74, 6) is 1.51. The second-order valence-corrected chi connectivity index (χ2v) is 6.82. The van der Waals surface area contributed by atoms with Gasteiger partial charge in [-0.25, -0.2) is 0 Å². The molecule has 0 saturated carbocycles. The number of aliphatic imine (C=N–C) groups is 1. The summed E-state index contributed by atoms with van der Waals surface area (Å²) < 4.78 is 11.3. The lowest BCUT2D eigenvalue weighted by molar-refractivity contribution is 0.288. The van der Waals surface area contributed by atoms with E-state index >= 15 is 0 Å². The Labute approximate surface area is 165 Å². The summed E-state index contributed by atoms with van der Waals surface area (Å²) in [4.78, 5) is 4.72. The lowest BCUT2D eigenvalue weighted by atomic mass is 9.93. The molecule has 4 nitrogen and oxygen atoms in total. The van der Waals surface area contributed by atoms with E-state index in [9.17, 15) is 5.11 Å². The molecule has 3 aromatic carbocycles. The molecule has 1 N–H and O–H groups in total. The maximum absolute atomic E-state index is 10.5. The molecule has 1 aliphatic heterocycles. The van der Waals surface area contributed by atoms with Gasteiger partial charge in [-0.3, -0.25) is 4.99 Å². The van der Waals surface area contributed by atoms with Gasteiger partial charge in [0, 0.05) is 29.8 Å². The molecule has 4 rings (SSSR count). The highest BCUT2D eigenvalue weighted by atomic mass is 16.5. The lowest BCUT2D eigenvalue weighted by Gasteiger charge is -2.20. The van der Waals surface area contributed by atoms with Crippen LogP contribution in [0, 0.1) is 0 Å². The predicted octanol–water partition coefficient (Wildman–Crippen LogP) is 4.57. The number of methoxy groups -OCH3 is 1. The van der Waals surface area contributed by atoms with Gasteiger partial charge in [-0.15, -0.1) is 0 Å². The smallest absolute Gasteiger partial charge is 0.161 e. The van der Waals surface area contributed by atoms with E-state index in [0.717, 1.165) is 46.7 Å². The fraction of sp³-hybridized carbons (Fsp3) is 0.208. The maximum Gasteiger partial charge on any atom is 0.161 e. The summed E-state index contributed by atoms with van der Waals surface area (Å²) in [6.45, 7) is 1.16. The van der Waals surface area contributed by atoms with Gasteiger partial charge in [-0.1, -0.05) is 48.5 Å². The van der Waals surface area contributed by atoms with Crippen molar-refractivity contribution in [2.75, 3.05) is 13.7 Å². The Morgan fingerprint density at radius 3 is 2.57 bits per heavy atom. The highest BCUT2D eigenvalue weighted by Crippen LogP contribution is 2.33. The Kier molecular flexibility index (Phi) is 5.29. The topological polar surface area (TPSA) is 51.0 Å². The van der Waals surface area contributed by atoms with Crippen LogP contribution < -0.4 is 9.47 Å². The molecule has 4 heteroatoms. The zero-order valence-electron chi connectivity index (χ0n) is 15.9. The second-order valence-electron chi connectivity index (χ2n) is 6.82. The third-order valence-corrected chi connectivity index (χ3v) is 4.97. The van der Waals surface area contributed by atoms with Crippen LogP contribution in [0.1, 0.15) is 22.3 Å². The highest BCUT2D eigenvalue weighted by Gasteiger charge is 2.19. The minimum absolute atomic E-state index is 0.143. The van der Waals surface area contributed by atoms with Gasteiger partial charge in [0.1, 0.15) is 12.4 Å². The molecular formula is C24H23NO3. The van der Waals surface area contributed by atoms with Crippen LogP contribution in [0.4, 0.5) is 0 Å². The van der Waals surface area contributed by atoms with Crippen LogP contribution in [-0.4, -0.2) is 24.5 Å². The number of hydrogen-bond donors (Lipinski definition) is 1. The summed E-state index contributed by atoms with van der Waals surface area (Å²) in [6, 6.07) is 21.6. The van der Waals surface area contributed by atoms with Gasteiger partial charge in [0.05, 0.1) is 7.11 Å². The highest BCUT2D eigenvalue weighted by molar-refractivity contribution is 6.04. The Balaban J connectivity index is 1.57. The van der Waals surface area contributed by atoms with Crippen LogP contribution in [0.3, 0.4) is 0 Å². The van der Waals surface area contributed by atoms with Crippen LogP contribution in [0.2, 0.25) is 0 Å². The van der Waals surface area contributed by atoms with Crippen LogP contribution in [-0.2, 0) is 19.4 Å². The van der Waals surface area contributed by atoms with E-state index < -0.39 is 0 Å². The van der Waals surface area contributed by atoms with Gasteiger partial charge in [-0.05, 0) is 35.7 Å². The molecular weight excluding hydrogens is 350 g/mol. The zero-order valence-corrected chi connectivity index (χ0v) is 15.9. The number of phenolic OH excluding ortho intramolecular Hbond substituents is 1. The van der Waals surface area contributed by atoms with Gasteiger partial charge in [0.15, 0.2) is 11.5 Å². The maximum atomic E-state index is 10.5. The fourth-order valence-electron chi connectivity index (χ4n) is 3.51. The van der Waals surface area contributed by atoms with Crippen molar-refractivity contribution < 1.29 is 14.6 Å². The molecule has 0 spiro atoms. The Bertz CT molecular complexity index is 996. The molecule has 3 aromatic rings. The number of para-hydroxylation sites is 1. The number of phenols is 1. The summed E-state index contributed by atoms with van der Waals surface area (Å²) in [6.07, 6.45) is 1.51. The van der Waals surface area contributed by atoms with Crippen LogP contribution in [0.5, 0.6) is 17.2 Å². The molecule has 1 heterocycles. The first-order chi connectivity index (χ1) is 13.7. The number of benzene rings is 3. The normalized spacial score (nSPS) is 12.8. The summed E-state index contributed by atoms with van der Waals surface area (Å²) in [5, 5.41) is 10.5. The number of fused-ring (bicyclic) bond motifs is 1. The van der Waals surface area contributed by atoms with Crippen molar-refractivity contribution in [2.24, 2.45) is 4.99 Å². The minimum Gasteiger partial charge on any atom is -0.504 e. The monoisotopic (exact) mass is 373 g/mol. The largest absolute Gasteiger partial charge is 0.504 e. The minimum atomic E-state index is 0.143. The third-order valence-electron chi connectivity index (χ3n) is 4.97. The van der Waals surface area contributed by atoms with Gasteiger partial charge in [0.25, 0.3) is 0 Å². The van der Waals surface area contributed by atoms with E-state index in [1.54, 1.807) is 13.2 Å². The van der Waals surface area contributed by atoms with Crippen molar-refractivity contribution >= 4 is 5.71 Å². The number of rotatable bonds is 6. The average Bonchev–Trinajstić information content (AvgIpc) is 2.74. The molecule has 0 amide bonds. The van der Waals surface area contributed by atoms with Crippen molar-refractivity contribution in [3.05, 3.63) is 89.0 Å². The van der Waals surface area contributed by atoms with Gasteiger partial charge in [0.2, 0.25) is 0 Å². The first-order valence-corrected chi connectivity index (χ1v) is 9.43. The molecule has 0 bridgehead atoms. The molecule has 28 heavy (non-hydrogen) atoms. The Hall–Kier alpha value is -3.27. The molecule has 0 aromatic heterocycles. The second kappa shape index (κ2) is 8.17. The van der Waals surface area contributed by atoms with Crippen molar-refractivity contribution in [3.63, 3.8) is 0 Å².